The van der Waals surface area contributed by atoms with Gasteiger partial charge >= 0.3 is 0 Å². The fourth-order valence-electron chi connectivity index (χ4n) is 5.17. The summed E-state index contributed by atoms with van der Waals surface area (Å²) >= 11 is 6.40. The molecule has 0 radical (unpaired) electrons. The lowest BCUT2D eigenvalue weighted by Crippen LogP contribution is -2.51. The number of carbonyl (C=O) groups excluding carboxylic acids is 2. The molecule has 2 heterocycles. The fraction of sp³-hybridized carbons (Fsp3) is 0.414. The first kappa shape index (κ1) is 26.1. The first-order valence-electron chi connectivity index (χ1n) is 12.8. The Morgan fingerprint density at radius 1 is 1.14 bits per heavy atom. The van der Waals surface area contributed by atoms with Crippen molar-refractivity contribution in [2.45, 2.75) is 70.5 Å². The Morgan fingerprint density at radius 2 is 1.89 bits per heavy atom. The zero-order valence-electron chi connectivity index (χ0n) is 21.0. The Bertz CT molecular complexity index is 1220. The second-order valence-corrected chi connectivity index (χ2v) is 10.3. The number of Topliss-reactive ketones (excluding diaryl/α,β-unsaturated/α-hetero) is 1. The molecule has 1 aliphatic heterocycles. The van der Waals surface area contributed by atoms with Crippen molar-refractivity contribution in [3.05, 3.63) is 70.9 Å². The number of anilines is 1. The van der Waals surface area contributed by atoms with Crippen molar-refractivity contribution in [3.63, 3.8) is 0 Å². The topological polar surface area (TPSA) is 88.3 Å². The van der Waals surface area contributed by atoms with Gasteiger partial charge in [-0.15, -0.1) is 0 Å². The van der Waals surface area contributed by atoms with Crippen molar-refractivity contribution in [2.75, 3.05) is 12.3 Å². The van der Waals surface area contributed by atoms with Crippen molar-refractivity contribution < 1.29 is 9.59 Å². The number of nitrogens with two attached hydrogens (primary N) is 1. The minimum Gasteiger partial charge on any atom is -0.383 e. The van der Waals surface area contributed by atoms with Crippen molar-refractivity contribution in [2.24, 2.45) is 0 Å². The van der Waals surface area contributed by atoms with E-state index in [2.05, 4.69) is 29.0 Å². The number of benzene rings is 2. The van der Waals surface area contributed by atoms with Crippen LogP contribution in [0.25, 0.3) is 10.8 Å². The molecule has 190 valence electrons. The molecule has 1 aliphatic rings. The number of fused-ring (bicyclic) bond motifs is 1. The van der Waals surface area contributed by atoms with Gasteiger partial charge in [-0.05, 0) is 61.8 Å². The summed E-state index contributed by atoms with van der Waals surface area (Å²) in [4.78, 5) is 32.9. The Kier molecular flexibility index (Phi) is 8.60. The van der Waals surface area contributed by atoms with Crippen molar-refractivity contribution in [3.8, 4) is 0 Å². The maximum absolute atomic E-state index is 13.4. The van der Waals surface area contributed by atoms with E-state index in [1.165, 1.54) is 6.42 Å². The van der Waals surface area contributed by atoms with Crippen LogP contribution in [0.15, 0.2) is 54.7 Å². The molecule has 2 unspecified atom stereocenters. The lowest BCUT2D eigenvalue weighted by atomic mass is 9.96. The second kappa shape index (κ2) is 11.8. The van der Waals surface area contributed by atoms with E-state index in [4.69, 9.17) is 17.3 Å². The number of likely N-dealkylation sites (tertiary alicyclic amines) is 1. The highest BCUT2D eigenvalue weighted by atomic mass is 35.5. The highest BCUT2D eigenvalue weighted by Crippen LogP contribution is 2.23. The molecule has 3 N–H and O–H groups in total. The van der Waals surface area contributed by atoms with Gasteiger partial charge in [0.05, 0.1) is 12.6 Å². The molecule has 3 aromatic rings. The van der Waals surface area contributed by atoms with Crippen LogP contribution >= 0.6 is 11.6 Å². The Labute approximate surface area is 218 Å². The van der Waals surface area contributed by atoms with Gasteiger partial charge in [0, 0.05) is 41.5 Å². The van der Waals surface area contributed by atoms with Crippen LogP contribution in [0.5, 0.6) is 0 Å². The number of aromatic nitrogens is 1. The maximum atomic E-state index is 13.4. The zero-order chi connectivity index (χ0) is 25.7. The van der Waals surface area contributed by atoms with Gasteiger partial charge in [-0.25, -0.2) is 4.98 Å². The first-order valence-corrected chi connectivity index (χ1v) is 13.1. The molecule has 1 fully saturated rings. The lowest BCUT2D eigenvalue weighted by molar-refractivity contribution is -0.129. The van der Waals surface area contributed by atoms with Gasteiger partial charge in [-0.2, -0.15) is 0 Å². The molecule has 4 rings (SSSR count). The average Bonchev–Trinajstić information content (AvgIpc) is 2.86. The van der Waals surface area contributed by atoms with Crippen LogP contribution in [-0.4, -0.2) is 46.2 Å². The molecular weight excluding hydrogens is 472 g/mol. The van der Waals surface area contributed by atoms with E-state index in [0.717, 1.165) is 34.7 Å². The number of rotatable bonds is 9. The van der Waals surface area contributed by atoms with Gasteiger partial charge < -0.3 is 11.1 Å². The largest absolute Gasteiger partial charge is 0.383 e. The predicted octanol–water partition coefficient (Wildman–Crippen LogP) is 4.96. The number of amides is 1. The fourth-order valence-corrected chi connectivity index (χ4v) is 5.38. The van der Waals surface area contributed by atoms with Crippen LogP contribution in [0.3, 0.4) is 0 Å². The van der Waals surface area contributed by atoms with Crippen LogP contribution in [-0.2, 0) is 22.4 Å². The Balaban J connectivity index is 1.46. The van der Waals surface area contributed by atoms with Crippen LogP contribution in [0, 0.1) is 0 Å². The number of piperidine rings is 1. The molecule has 0 bridgehead atoms. The summed E-state index contributed by atoms with van der Waals surface area (Å²) in [7, 11) is 0. The summed E-state index contributed by atoms with van der Waals surface area (Å²) in [5, 5.41) is 5.54. The zero-order valence-corrected chi connectivity index (χ0v) is 21.8. The van der Waals surface area contributed by atoms with Crippen LogP contribution in [0.4, 0.5) is 5.82 Å². The first-order chi connectivity index (χ1) is 17.3. The molecule has 1 aromatic heterocycles. The minimum atomic E-state index is -0.631. The van der Waals surface area contributed by atoms with E-state index in [0.29, 0.717) is 48.7 Å². The van der Waals surface area contributed by atoms with Crippen LogP contribution in [0.2, 0.25) is 5.02 Å². The van der Waals surface area contributed by atoms with Gasteiger partial charge in [0.2, 0.25) is 5.91 Å². The summed E-state index contributed by atoms with van der Waals surface area (Å²) in [5.74, 6) is 0.377. The van der Waals surface area contributed by atoms with Crippen molar-refractivity contribution >= 4 is 39.9 Å². The third-order valence-electron chi connectivity index (χ3n) is 7.33. The number of halogens is 1. The van der Waals surface area contributed by atoms with E-state index >= 15 is 0 Å². The van der Waals surface area contributed by atoms with E-state index in [1.54, 1.807) is 6.20 Å². The smallest absolute Gasteiger partial charge is 0.234 e. The monoisotopic (exact) mass is 506 g/mol. The molecule has 6 nitrogen and oxygen atoms in total. The van der Waals surface area contributed by atoms with Gasteiger partial charge in [0.25, 0.3) is 0 Å². The van der Waals surface area contributed by atoms with Crippen LogP contribution in [0.1, 0.15) is 50.7 Å². The molecule has 36 heavy (non-hydrogen) atoms. The van der Waals surface area contributed by atoms with Gasteiger partial charge in [0.1, 0.15) is 5.82 Å². The van der Waals surface area contributed by atoms with Gasteiger partial charge in [-0.1, -0.05) is 54.4 Å². The number of nitrogens with one attached hydrogen (secondary N) is 1. The number of hydrogen-bond acceptors (Lipinski definition) is 5. The highest BCUT2D eigenvalue weighted by Gasteiger charge is 2.28. The maximum Gasteiger partial charge on any atom is 0.234 e. The van der Waals surface area contributed by atoms with Crippen LogP contribution < -0.4 is 11.1 Å². The quantitative estimate of drug-likeness (QED) is 0.428. The van der Waals surface area contributed by atoms with E-state index in [-0.39, 0.29) is 11.7 Å². The molecule has 3 atom stereocenters. The molecule has 2 aromatic carbocycles. The van der Waals surface area contributed by atoms with Crippen molar-refractivity contribution in [1.82, 2.24) is 15.2 Å². The third-order valence-corrected chi connectivity index (χ3v) is 7.70. The molecule has 1 amide bonds. The molecule has 0 saturated carbocycles. The summed E-state index contributed by atoms with van der Waals surface area (Å²) in [5.41, 5.74) is 7.86. The molecule has 1 saturated heterocycles. The number of aryl methyl sites for hydroxylation is 1. The Morgan fingerprint density at radius 3 is 2.64 bits per heavy atom. The number of nitrogen functional groups attached to an aromatic ring is 1. The minimum absolute atomic E-state index is 0.00245. The number of pyridine rings is 1. The number of nitrogens with zero attached hydrogens (tertiary/aromatic N) is 2. The number of hydrogen-bond donors (Lipinski definition) is 2. The Hall–Kier alpha value is -2.96. The van der Waals surface area contributed by atoms with E-state index in [9.17, 15) is 9.59 Å². The SMILES string of the molecule is CC1CCCC(C)N1CC(=O)N[C@@H](Cc1ccccc1Cl)C(=O)CCc1ccc2c(N)nccc2c1. The van der Waals surface area contributed by atoms with Crippen molar-refractivity contribution in [1.29, 1.82) is 0 Å². The second-order valence-electron chi connectivity index (χ2n) is 9.93. The number of carbonyl (C=O) groups is 2. The number of ketones is 1. The lowest BCUT2D eigenvalue weighted by Gasteiger charge is -2.38. The van der Waals surface area contributed by atoms with E-state index < -0.39 is 6.04 Å². The molecular formula is C29H35ClN4O2. The standard InChI is InChI=1S/C29H35ClN4O2/c1-19-6-5-7-20(2)34(19)18-28(36)33-26(17-23-8-3-4-9-25(23)30)27(35)13-11-21-10-12-24-22(16-21)14-15-32-29(24)31/h3-4,8-10,12,14-16,19-20,26H,5-7,11,13,17-18H2,1-2H3,(H2,31,32)(H,33,36)/t19?,20?,26-/m0/s1. The normalized spacial score (nSPS) is 19.2. The summed E-state index contributed by atoms with van der Waals surface area (Å²) in [6, 6.07) is 15.5. The predicted molar refractivity (Wildman–Crippen MR) is 146 cm³/mol. The summed E-state index contributed by atoms with van der Waals surface area (Å²) in [6.07, 6.45) is 6.32. The summed E-state index contributed by atoms with van der Waals surface area (Å²) < 4.78 is 0. The van der Waals surface area contributed by atoms with Gasteiger partial charge in [0.15, 0.2) is 5.78 Å². The molecule has 0 spiro atoms. The third kappa shape index (κ3) is 6.42. The van der Waals surface area contributed by atoms with Gasteiger partial charge in [-0.3, -0.25) is 14.5 Å². The molecule has 0 aliphatic carbocycles. The summed E-state index contributed by atoms with van der Waals surface area (Å²) in [6.45, 7) is 4.64. The molecule has 7 heteroatoms. The van der Waals surface area contributed by atoms with E-state index in [1.807, 2.05) is 48.5 Å². The highest BCUT2D eigenvalue weighted by molar-refractivity contribution is 6.31. The average molecular weight is 507 g/mol.